The Balaban J connectivity index is 1.44. The van der Waals surface area contributed by atoms with E-state index in [1.165, 1.54) is 16.2 Å². The standard InChI is InChI=1S/C36H50N8O6S/c1-8-11-22(26(45)31(47)38-20-13-14-20)40-30(46)25-18-21(19-44(25)33(48)28(35(2,3)4)41-34(49)43-36(5,6)7)50-32-27-23(15-17-51-27)39-29(42-32)24-12-9-10-16-37-24/h9-10,12,15-17,20-22,25-26,28,45H,8,11,13-14,18-19H2,1-7H3,(H,38,47)(H,40,46)(H2,41,43,49)/t21-,22+,25?,26?,28-/m1/s1. The van der Waals surface area contributed by atoms with E-state index in [0.717, 1.165) is 12.8 Å². The molecule has 5 amide bonds. The van der Waals surface area contributed by atoms with E-state index in [9.17, 15) is 24.3 Å². The highest BCUT2D eigenvalue weighted by molar-refractivity contribution is 7.17. The number of likely N-dealkylation sites (tertiary alicyclic amines) is 1. The van der Waals surface area contributed by atoms with Gasteiger partial charge in [0.15, 0.2) is 11.9 Å². The maximum absolute atomic E-state index is 14.5. The molecule has 0 spiro atoms. The Morgan fingerprint density at radius 3 is 2.43 bits per heavy atom. The number of carbonyl (C=O) groups excluding carboxylic acids is 4. The molecule has 3 aromatic rings. The molecule has 15 heteroatoms. The number of ether oxygens (including phenoxy) is 1. The van der Waals surface area contributed by atoms with E-state index in [0.29, 0.717) is 40.5 Å². The van der Waals surface area contributed by atoms with Crippen LogP contribution in [0.15, 0.2) is 35.8 Å². The third kappa shape index (κ3) is 9.70. The summed E-state index contributed by atoms with van der Waals surface area (Å²) in [5.74, 6) is -0.850. The Hall–Kier alpha value is -4.37. The van der Waals surface area contributed by atoms with E-state index in [4.69, 9.17) is 9.72 Å². The fraction of sp³-hybridized carbons (Fsp3) is 0.583. The van der Waals surface area contributed by atoms with Crippen molar-refractivity contribution in [2.75, 3.05) is 6.54 Å². The molecule has 2 unspecified atom stereocenters. The van der Waals surface area contributed by atoms with Gasteiger partial charge in [0.05, 0.1) is 18.1 Å². The van der Waals surface area contributed by atoms with Crippen LogP contribution in [-0.2, 0) is 14.4 Å². The molecule has 1 aliphatic carbocycles. The molecule has 3 aromatic heterocycles. The van der Waals surface area contributed by atoms with Crippen molar-refractivity contribution in [3.05, 3.63) is 35.8 Å². The first-order chi connectivity index (χ1) is 24.0. The van der Waals surface area contributed by atoms with Crippen molar-refractivity contribution in [3.63, 3.8) is 0 Å². The average Bonchev–Trinajstić information content (AvgIpc) is 3.56. The fourth-order valence-electron chi connectivity index (χ4n) is 5.98. The number of carbonyl (C=O) groups is 4. The van der Waals surface area contributed by atoms with Crippen molar-refractivity contribution in [2.24, 2.45) is 5.41 Å². The van der Waals surface area contributed by atoms with E-state index in [-0.39, 0.29) is 19.0 Å². The number of rotatable bonds is 12. The number of aliphatic hydroxyl groups is 1. The molecule has 1 aliphatic heterocycles. The highest BCUT2D eigenvalue weighted by Crippen LogP contribution is 2.34. The predicted octanol–water partition coefficient (Wildman–Crippen LogP) is 3.54. The smallest absolute Gasteiger partial charge is 0.315 e. The number of aliphatic hydroxyl groups excluding tert-OH is 1. The van der Waals surface area contributed by atoms with Gasteiger partial charge < -0.3 is 36.0 Å². The maximum Gasteiger partial charge on any atom is 0.315 e. The van der Waals surface area contributed by atoms with Gasteiger partial charge in [-0.2, -0.15) is 4.98 Å². The third-order valence-electron chi connectivity index (χ3n) is 8.67. The van der Waals surface area contributed by atoms with Gasteiger partial charge in [0.1, 0.15) is 28.6 Å². The first-order valence-electron chi connectivity index (χ1n) is 17.5. The summed E-state index contributed by atoms with van der Waals surface area (Å²) in [5.41, 5.74) is -0.0467. The summed E-state index contributed by atoms with van der Waals surface area (Å²) >= 11 is 1.41. The number of fused-ring (bicyclic) bond motifs is 1. The summed E-state index contributed by atoms with van der Waals surface area (Å²) in [6, 6.07) is 3.92. The Morgan fingerprint density at radius 1 is 1.06 bits per heavy atom. The molecule has 1 saturated carbocycles. The summed E-state index contributed by atoms with van der Waals surface area (Å²) in [6.07, 6.45) is 2.27. The van der Waals surface area contributed by atoms with Gasteiger partial charge in [0.25, 0.3) is 5.91 Å². The largest absolute Gasteiger partial charge is 0.471 e. The van der Waals surface area contributed by atoms with E-state index < -0.39 is 65.0 Å². The zero-order chi connectivity index (χ0) is 37.1. The van der Waals surface area contributed by atoms with Gasteiger partial charge in [-0.15, -0.1) is 11.3 Å². The Bertz CT molecular complexity index is 1720. The monoisotopic (exact) mass is 722 g/mol. The molecule has 0 aromatic carbocycles. The van der Waals surface area contributed by atoms with Gasteiger partial charge in [-0.1, -0.05) is 40.2 Å². The first kappa shape index (κ1) is 37.9. The average molecular weight is 723 g/mol. The molecule has 5 atom stereocenters. The van der Waals surface area contributed by atoms with Crippen LogP contribution < -0.4 is 26.0 Å². The molecular formula is C36H50N8O6S. The summed E-state index contributed by atoms with van der Waals surface area (Å²) in [7, 11) is 0. The van der Waals surface area contributed by atoms with E-state index in [1.54, 1.807) is 18.3 Å². The number of hydrogen-bond acceptors (Lipinski definition) is 10. The van der Waals surface area contributed by atoms with Crippen LogP contribution in [0.4, 0.5) is 4.79 Å². The minimum atomic E-state index is -1.46. The second-order valence-corrected chi connectivity index (χ2v) is 16.4. The van der Waals surface area contributed by atoms with Crippen molar-refractivity contribution < 1.29 is 29.0 Å². The van der Waals surface area contributed by atoms with Crippen LogP contribution in [0.1, 0.15) is 80.6 Å². The summed E-state index contributed by atoms with van der Waals surface area (Å²) in [5, 5.41) is 24.2. The minimum absolute atomic E-state index is 0.0189. The van der Waals surface area contributed by atoms with E-state index in [2.05, 4.69) is 31.2 Å². The minimum Gasteiger partial charge on any atom is -0.471 e. The second-order valence-electron chi connectivity index (χ2n) is 15.5. The molecule has 51 heavy (non-hydrogen) atoms. The number of pyridine rings is 1. The van der Waals surface area contributed by atoms with Gasteiger partial charge >= 0.3 is 6.03 Å². The highest BCUT2D eigenvalue weighted by atomic mass is 32.1. The van der Waals surface area contributed by atoms with Crippen LogP contribution in [0.5, 0.6) is 5.88 Å². The summed E-state index contributed by atoms with van der Waals surface area (Å²) < 4.78 is 7.23. The van der Waals surface area contributed by atoms with Crippen molar-refractivity contribution >= 4 is 45.3 Å². The molecule has 2 fully saturated rings. The van der Waals surface area contributed by atoms with Crippen LogP contribution in [0, 0.1) is 5.41 Å². The normalized spacial score (nSPS) is 19.6. The molecule has 1 saturated heterocycles. The van der Waals surface area contributed by atoms with Crippen LogP contribution in [0.2, 0.25) is 0 Å². The van der Waals surface area contributed by atoms with E-state index >= 15 is 0 Å². The number of aromatic nitrogens is 3. The molecular weight excluding hydrogens is 673 g/mol. The van der Waals surface area contributed by atoms with Crippen LogP contribution in [0.3, 0.4) is 0 Å². The number of thiophene rings is 1. The van der Waals surface area contributed by atoms with Gasteiger partial charge in [0.2, 0.25) is 17.7 Å². The number of nitrogens with one attached hydrogen (secondary N) is 4. The fourth-order valence-corrected chi connectivity index (χ4v) is 6.74. The quantitative estimate of drug-likeness (QED) is 0.186. The molecule has 2 aliphatic rings. The first-order valence-corrected chi connectivity index (χ1v) is 18.4. The van der Waals surface area contributed by atoms with Crippen molar-refractivity contribution in [2.45, 2.75) is 122 Å². The van der Waals surface area contributed by atoms with Crippen LogP contribution >= 0.6 is 11.3 Å². The topological polar surface area (TPSA) is 188 Å². The molecule has 276 valence electrons. The lowest BCUT2D eigenvalue weighted by Crippen LogP contribution is -2.61. The van der Waals surface area contributed by atoms with Crippen LogP contribution in [-0.4, -0.2) is 97.2 Å². The van der Waals surface area contributed by atoms with Crippen molar-refractivity contribution in [1.82, 2.24) is 41.1 Å². The maximum atomic E-state index is 14.5. The number of urea groups is 1. The second kappa shape index (κ2) is 15.5. The Morgan fingerprint density at radius 2 is 1.80 bits per heavy atom. The van der Waals surface area contributed by atoms with Gasteiger partial charge in [-0.05, 0) is 69.0 Å². The lowest BCUT2D eigenvalue weighted by molar-refractivity contribution is -0.143. The molecule has 5 rings (SSSR count). The Labute approximate surface area is 302 Å². The summed E-state index contributed by atoms with van der Waals surface area (Å²) in [6.45, 7) is 13.0. The lowest BCUT2D eigenvalue weighted by atomic mass is 9.85. The van der Waals surface area contributed by atoms with Gasteiger partial charge in [-0.3, -0.25) is 19.4 Å². The van der Waals surface area contributed by atoms with Gasteiger partial charge in [0, 0.05) is 24.2 Å². The summed E-state index contributed by atoms with van der Waals surface area (Å²) in [4.78, 5) is 69.7. The lowest BCUT2D eigenvalue weighted by Gasteiger charge is -2.36. The van der Waals surface area contributed by atoms with E-state index in [1.807, 2.05) is 66.0 Å². The predicted molar refractivity (Wildman–Crippen MR) is 194 cm³/mol. The molecule has 14 nitrogen and oxygen atoms in total. The van der Waals surface area contributed by atoms with Gasteiger partial charge in [-0.25, -0.2) is 9.78 Å². The van der Waals surface area contributed by atoms with Crippen molar-refractivity contribution in [3.8, 4) is 17.4 Å². The third-order valence-corrected chi connectivity index (χ3v) is 9.56. The number of nitrogens with zero attached hydrogens (tertiary/aromatic N) is 4. The number of amides is 5. The highest BCUT2D eigenvalue weighted by Gasteiger charge is 2.47. The zero-order valence-electron chi connectivity index (χ0n) is 30.4. The SMILES string of the molecule is CCC[C@H](NC(=O)C1C[C@@H](Oc2nc(-c3ccccn3)nc3ccsc23)CN1C(=O)[C@@H](NC(=O)NC(C)(C)C)C(C)(C)C)C(O)C(=O)NC1CC1. The molecule has 0 radical (unpaired) electrons. The zero-order valence-corrected chi connectivity index (χ0v) is 31.2. The molecule has 5 N–H and O–H groups in total. The van der Waals surface area contributed by atoms with Crippen molar-refractivity contribution in [1.29, 1.82) is 0 Å². The molecule has 4 heterocycles. The van der Waals surface area contributed by atoms with Crippen LogP contribution in [0.25, 0.3) is 21.7 Å². The number of hydrogen-bond donors (Lipinski definition) is 5. The Kier molecular flexibility index (Phi) is 11.5. The molecule has 0 bridgehead atoms.